The van der Waals surface area contributed by atoms with Crippen LogP contribution in [0, 0.1) is 0 Å². The third-order valence-corrected chi connectivity index (χ3v) is 10.00. The summed E-state index contributed by atoms with van der Waals surface area (Å²) in [6.07, 6.45) is 3.55. The van der Waals surface area contributed by atoms with E-state index in [2.05, 4.69) is 4.90 Å². The summed E-state index contributed by atoms with van der Waals surface area (Å²) in [4.78, 5) is 48.4. The first-order valence-electron chi connectivity index (χ1n) is 15.8. The number of rotatable bonds is 7. The van der Waals surface area contributed by atoms with E-state index in [0.29, 0.717) is 59.3 Å². The number of ketones is 1. The highest BCUT2D eigenvalue weighted by atomic mass is 16.6. The van der Waals surface area contributed by atoms with Gasteiger partial charge in [0.25, 0.3) is 5.56 Å². The largest absolute Gasteiger partial charge is 0.486 e. The van der Waals surface area contributed by atoms with E-state index in [0.717, 1.165) is 42.4 Å². The molecule has 10 heteroatoms. The predicted molar refractivity (Wildman–Crippen MR) is 163 cm³/mol. The SMILES string of the molecule is CCC1(OC(=O)CC(C)N2CCCCC2)C(=O)Cc2c1cc1n(c2=O)Cc2c-1nc1cc3c(cc1c2C(C)OC)OCCO3. The van der Waals surface area contributed by atoms with Gasteiger partial charge < -0.3 is 28.4 Å². The van der Waals surface area contributed by atoms with Crippen molar-refractivity contribution in [3.05, 3.63) is 50.8 Å². The number of aromatic nitrogens is 2. The second-order valence-corrected chi connectivity index (χ2v) is 12.5. The minimum Gasteiger partial charge on any atom is -0.486 e. The van der Waals surface area contributed by atoms with Crippen molar-refractivity contribution in [1.82, 2.24) is 14.5 Å². The summed E-state index contributed by atoms with van der Waals surface area (Å²) in [7, 11) is 1.66. The fourth-order valence-corrected chi connectivity index (χ4v) is 7.54. The first-order valence-corrected chi connectivity index (χ1v) is 15.8. The molecule has 1 saturated heterocycles. The van der Waals surface area contributed by atoms with Gasteiger partial charge in [0.05, 0.1) is 36.0 Å². The monoisotopic (exact) mass is 601 g/mol. The van der Waals surface area contributed by atoms with Crippen molar-refractivity contribution < 1.29 is 28.5 Å². The topological polar surface area (TPSA) is 109 Å². The molecule has 3 aromatic rings. The van der Waals surface area contributed by atoms with Crippen LogP contribution in [0.4, 0.5) is 0 Å². The maximum Gasteiger partial charge on any atom is 0.308 e. The number of carbonyl (C=O) groups is 2. The van der Waals surface area contributed by atoms with E-state index in [4.69, 9.17) is 23.9 Å². The van der Waals surface area contributed by atoms with Crippen LogP contribution in [-0.4, -0.2) is 65.7 Å². The number of hydrogen-bond acceptors (Lipinski definition) is 9. The molecule has 0 bridgehead atoms. The smallest absolute Gasteiger partial charge is 0.308 e. The number of carbonyl (C=O) groups excluding carboxylic acids is 2. The lowest BCUT2D eigenvalue weighted by Crippen LogP contribution is -2.41. The summed E-state index contributed by atoms with van der Waals surface area (Å²) in [6.45, 7) is 9.00. The van der Waals surface area contributed by atoms with E-state index in [-0.39, 0.29) is 42.8 Å². The maximum atomic E-state index is 14.1. The van der Waals surface area contributed by atoms with Crippen molar-refractivity contribution in [2.75, 3.05) is 33.4 Å². The van der Waals surface area contributed by atoms with E-state index in [1.165, 1.54) is 6.42 Å². The van der Waals surface area contributed by atoms with Gasteiger partial charge in [-0.05, 0) is 63.9 Å². The highest BCUT2D eigenvalue weighted by Gasteiger charge is 2.51. The Kier molecular flexibility index (Phi) is 7.24. The number of likely N-dealkylation sites (tertiary alicyclic amines) is 1. The van der Waals surface area contributed by atoms with E-state index < -0.39 is 11.6 Å². The van der Waals surface area contributed by atoms with E-state index >= 15 is 0 Å². The minimum atomic E-state index is -1.49. The summed E-state index contributed by atoms with van der Waals surface area (Å²) in [5.74, 6) is 0.612. The van der Waals surface area contributed by atoms with Gasteiger partial charge in [-0.1, -0.05) is 13.3 Å². The van der Waals surface area contributed by atoms with Crippen LogP contribution in [-0.2, 0) is 37.6 Å². The van der Waals surface area contributed by atoms with Gasteiger partial charge in [-0.15, -0.1) is 0 Å². The van der Waals surface area contributed by atoms with Crippen LogP contribution in [0.3, 0.4) is 0 Å². The number of nitrogens with zero attached hydrogens (tertiary/aromatic N) is 3. The van der Waals surface area contributed by atoms with Crippen LogP contribution in [0.1, 0.15) is 81.2 Å². The number of piperidine rings is 1. The van der Waals surface area contributed by atoms with Crippen molar-refractivity contribution in [3.63, 3.8) is 0 Å². The Morgan fingerprint density at radius 2 is 1.77 bits per heavy atom. The lowest BCUT2D eigenvalue weighted by Gasteiger charge is -2.33. The van der Waals surface area contributed by atoms with E-state index in [1.54, 1.807) is 11.7 Å². The number of methoxy groups -OCH3 is 1. The molecule has 5 heterocycles. The standard InChI is InChI=1S/C34H39N3O7/c1-5-34(44-30(39)13-19(2)36-9-7-6-8-10-36)24-16-26-32-23(18-37(26)33(40)21(24)15-29(34)38)31(20(3)41-4)22-14-27-28(17-25(22)35-32)43-12-11-42-27/h14,16-17,19-20H,5-13,15,18H2,1-4H3. The van der Waals surface area contributed by atoms with Gasteiger partial charge in [0.15, 0.2) is 22.9 Å². The molecule has 44 heavy (non-hydrogen) atoms. The molecule has 0 radical (unpaired) electrons. The zero-order valence-electron chi connectivity index (χ0n) is 25.9. The van der Waals surface area contributed by atoms with Crippen LogP contribution >= 0.6 is 0 Å². The molecule has 0 spiro atoms. The van der Waals surface area contributed by atoms with Crippen LogP contribution in [0.15, 0.2) is 23.0 Å². The molecule has 4 aliphatic rings. The second-order valence-electron chi connectivity index (χ2n) is 12.5. The van der Waals surface area contributed by atoms with Crippen molar-refractivity contribution in [2.45, 2.75) is 83.6 Å². The number of Topliss-reactive ketones (excluding diaryl/α,β-unsaturated/α-hetero) is 1. The highest BCUT2D eigenvalue weighted by Crippen LogP contribution is 2.46. The molecule has 0 saturated carbocycles. The quantitative estimate of drug-likeness (QED) is 0.284. The first-order chi connectivity index (χ1) is 21.3. The summed E-state index contributed by atoms with van der Waals surface area (Å²) in [5, 5.41) is 0.880. The van der Waals surface area contributed by atoms with Gasteiger partial charge in [-0.3, -0.25) is 14.4 Å². The average molecular weight is 602 g/mol. The number of fused-ring (bicyclic) bond motifs is 6. The van der Waals surface area contributed by atoms with Crippen LogP contribution in [0.2, 0.25) is 0 Å². The Morgan fingerprint density at radius 1 is 1.05 bits per heavy atom. The van der Waals surface area contributed by atoms with Crippen LogP contribution in [0.5, 0.6) is 11.5 Å². The summed E-state index contributed by atoms with van der Waals surface area (Å²) in [6, 6.07) is 5.69. The van der Waals surface area contributed by atoms with Crippen LogP contribution in [0.25, 0.3) is 22.3 Å². The summed E-state index contributed by atoms with van der Waals surface area (Å²) in [5.41, 5.74) is 2.93. The number of ether oxygens (including phenoxy) is 4. The maximum absolute atomic E-state index is 14.1. The molecular weight excluding hydrogens is 562 g/mol. The molecule has 3 aliphatic heterocycles. The fraction of sp³-hybridized carbons (Fsp3) is 0.529. The molecule has 1 aliphatic carbocycles. The first kappa shape index (κ1) is 29.0. The summed E-state index contributed by atoms with van der Waals surface area (Å²) < 4.78 is 25.3. The minimum absolute atomic E-state index is 0.0176. The number of esters is 1. The molecule has 0 amide bonds. The molecule has 2 aromatic heterocycles. The highest BCUT2D eigenvalue weighted by molar-refractivity contribution is 5.98. The molecule has 232 valence electrons. The fourth-order valence-electron chi connectivity index (χ4n) is 7.54. The molecule has 1 aromatic carbocycles. The second kappa shape index (κ2) is 11.0. The zero-order chi connectivity index (χ0) is 30.7. The molecular formula is C34H39N3O7. The van der Waals surface area contributed by atoms with Crippen molar-refractivity contribution in [2.24, 2.45) is 0 Å². The summed E-state index contributed by atoms with van der Waals surface area (Å²) >= 11 is 0. The van der Waals surface area contributed by atoms with Gasteiger partial charge in [0.2, 0.25) is 0 Å². The molecule has 0 N–H and O–H groups in total. The van der Waals surface area contributed by atoms with Crippen LogP contribution < -0.4 is 15.0 Å². The van der Waals surface area contributed by atoms with Gasteiger partial charge in [0, 0.05) is 47.7 Å². The zero-order valence-corrected chi connectivity index (χ0v) is 25.9. The molecule has 7 rings (SSSR count). The Bertz CT molecular complexity index is 1740. The molecule has 10 nitrogen and oxygen atoms in total. The number of hydrogen-bond donors (Lipinski definition) is 0. The van der Waals surface area contributed by atoms with Crippen molar-refractivity contribution >= 4 is 22.7 Å². The average Bonchev–Trinajstić information content (AvgIpc) is 3.53. The van der Waals surface area contributed by atoms with Gasteiger partial charge in [-0.25, -0.2) is 4.98 Å². The van der Waals surface area contributed by atoms with E-state index in [9.17, 15) is 14.4 Å². The molecule has 3 unspecified atom stereocenters. The van der Waals surface area contributed by atoms with Gasteiger partial charge >= 0.3 is 5.97 Å². The lowest BCUT2D eigenvalue weighted by atomic mass is 9.91. The normalized spacial score (nSPS) is 22.0. The molecule has 1 fully saturated rings. The van der Waals surface area contributed by atoms with Gasteiger partial charge in [0.1, 0.15) is 13.2 Å². The Balaban J connectivity index is 1.31. The number of benzene rings is 1. The molecule has 3 atom stereocenters. The van der Waals surface area contributed by atoms with Crippen molar-refractivity contribution in [1.29, 1.82) is 0 Å². The number of pyridine rings is 2. The van der Waals surface area contributed by atoms with Gasteiger partial charge in [-0.2, -0.15) is 0 Å². The third kappa shape index (κ3) is 4.44. The third-order valence-electron chi connectivity index (χ3n) is 10.00. The Hall–Kier alpha value is -3.76. The van der Waals surface area contributed by atoms with Crippen molar-refractivity contribution in [3.8, 4) is 22.9 Å². The van der Waals surface area contributed by atoms with E-state index in [1.807, 2.05) is 39.0 Å². The lowest BCUT2D eigenvalue weighted by molar-refractivity contribution is -0.169. The predicted octanol–water partition coefficient (Wildman–Crippen LogP) is 4.44. The Labute approximate surface area is 256 Å². The Morgan fingerprint density at radius 3 is 2.48 bits per heavy atom.